The van der Waals surface area contributed by atoms with Crippen LogP contribution in [0.15, 0.2) is 0 Å². The van der Waals surface area contributed by atoms with Gasteiger partial charge in [0.2, 0.25) is 0 Å². The van der Waals surface area contributed by atoms with Crippen molar-refractivity contribution in [3.05, 3.63) is 0 Å². The molecule has 0 amide bonds. The van der Waals surface area contributed by atoms with Gasteiger partial charge in [0.05, 0.1) is 0 Å². The van der Waals surface area contributed by atoms with E-state index in [0.717, 1.165) is 5.41 Å². The van der Waals surface area contributed by atoms with E-state index in [4.69, 9.17) is 0 Å². The summed E-state index contributed by atoms with van der Waals surface area (Å²) in [7, 11) is 2.29. The van der Waals surface area contributed by atoms with Crippen molar-refractivity contribution in [3.8, 4) is 0 Å². The van der Waals surface area contributed by atoms with E-state index < -0.39 is 0 Å². The van der Waals surface area contributed by atoms with Crippen molar-refractivity contribution in [1.29, 1.82) is 0 Å². The van der Waals surface area contributed by atoms with E-state index in [2.05, 4.69) is 23.8 Å². The summed E-state index contributed by atoms with van der Waals surface area (Å²) in [5.41, 5.74) is 0.722. The molecule has 46 valence electrons. The minimum atomic E-state index is 0.722. The van der Waals surface area contributed by atoms with Crippen LogP contribution >= 0.6 is 15.9 Å². The van der Waals surface area contributed by atoms with Crippen LogP contribution in [0.4, 0.5) is 0 Å². The quantitative estimate of drug-likeness (QED) is 0.441. The van der Waals surface area contributed by atoms with Crippen molar-refractivity contribution < 1.29 is 0 Å². The summed E-state index contributed by atoms with van der Waals surface area (Å²) in [4.78, 5) is 0. The van der Waals surface area contributed by atoms with E-state index in [1.807, 2.05) is 0 Å². The minimum Gasteiger partial charge on any atom is -0.0922 e. The van der Waals surface area contributed by atoms with Gasteiger partial charge in [-0.25, -0.2) is 0 Å². The first kappa shape index (κ1) is 6.66. The van der Waals surface area contributed by atoms with Gasteiger partial charge in [0, 0.05) is 5.33 Å². The van der Waals surface area contributed by atoms with E-state index >= 15 is 0 Å². The predicted molar refractivity (Wildman–Crippen MR) is 43.4 cm³/mol. The molecule has 2 heteroatoms. The molecule has 0 aromatic carbocycles. The molecule has 0 nitrogen and oxygen atoms in total. The number of rotatable bonds is 2. The van der Waals surface area contributed by atoms with Gasteiger partial charge in [0.25, 0.3) is 0 Å². The summed E-state index contributed by atoms with van der Waals surface area (Å²) in [6.07, 6.45) is 5.72. The van der Waals surface area contributed by atoms with Gasteiger partial charge in [-0.2, -0.15) is 0 Å². The SMILES string of the molecule is BCC1(CBr)CCC1. The third-order valence-electron chi connectivity index (χ3n) is 2.45. The average Bonchev–Trinajstić information content (AvgIpc) is 1.67. The summed E-state index contributed by atoms with van der Waals surface area (Å²) in [5, 5.41) is 1.22. The first-order valence-electron chi connectivity index (χ1n) is 3.39. The molecule has 1 saturated carbocycles. The number of hydrogen-bond donors (Lipinski definition) is 0. The molecule has 0 atom stereocenters. The molecule has 0 radical (unpaired) electrons. The fourth-order valence-corrected chi connectivity index (χ4v) is 2.22. The van der Waals surface area contributed by atoms with Crippen molar-refractivity contribution in [2.45, 2.75) is 25.6 Å². The largest absolute Gasteiger partial charge is 0.102 e. The maximum absolute atomic E-state index is 3.54. The zero-order valence-corrected chi connectivity index (χ0v) is 7.00. The van der Waals surface area contributed by atoms with Crippen molar-refractivity contribution in [2.75, 3.05) is 5.33 Å². The highest BCUT2D eigenvalue weighted by Crippen LogP contribution is 2.44. The molecule has 0 saturated heterocycles. The van der Waals surface area contributed by atoms with E-state index in [-0.39, 0.29) is 0 Å². The Morgan fingerprint density at radius 3 is 2.12 bits per heavy atom. The lowest BCUT2D eigenvalue weighted by Crippen LogP contribution is -2.30. The van der Waals surface area contributed by atoms with Crippen LogP contribution in [0.3, 0.4) is 0 Å². The average molecular weight is 175 g/mol. The van der Waals surface area contributed by atoms with Crippen LogP contribution in [0.2, 0.25) is 6.32 Å². The lowest BCUT2D eigenvalue weighted by atomic mass is 9.63. The Morgan fingerprint density at radius 2 is 2.12 bits per heavy atom. The van der Waals surface area contributed by atoms with Gasteiger partial charge in [-0.3, -0.25) is 0 Å². The summed E-state index contributed by atoms with van der Waals surface area (Å²) in [5.74, 6) is 0. The first-order valence-corrected chi connectivity index (χ1v) is 4.51. The van der Waals surface area contributed by atoms with Gasteiger partial charge >= 0.3 is 0 Å². The van der Waals surface area contributed by atoms with Crippen molar-refractivity contribution in [1.82, 2.24) is 0 Å². The summed E-state index contributed by atoms with van der Waals surface area (Å²) < 4.78 is 0. The Hall–Kier alpha value is 0.545. The van der Waals surface area contributed by atoms with Gasteiger partial charge in [-0.05, 0) is 18.3 Å². The molecule has 1 aliphatic rings. The Bertz CT molecular complexity index is 65.1. The molecule has 1 rings (SSSR count). The molecule has 0 unspecified atom stereocenters. The van der Waals surface area contributed by atoms with Crippen molar-refractivity contribution >= 4 is 23.8 Å². The van der Waals surface area contributed by atoms with Gasteiger partial charge < -0.3 is 0 Å². The fourth-order valence-electron chi connectivity index (χ4n) is 1.26. The van der Waals surface area contributed by atoms with Crippen molar-refractivity contribution in [3.63, 3.8) is 0 Å². The van der Waals surface area contributed by atoms with E-state index in [1.54, 1.807) is 0 Å². The normalized spacial score (nSPS) is 24.6. The van der Waals surface area contributed by atoms with Crippen LogP contribution in [0.5, 0.6) is 0 Å². The summed E-state index contributed by atoms with van der Waals surface area (Å²) in [6.45, 7) is 0. The highest BCUT2D eigenvalue weighted by molar-refractivity contribution is 9.09. The van der Waals surface area contributed by atoms with Crippen LogP contribution in [-0.2, 0) is 0 Å². The third-order valence-corrected chi connectivity index (χ3v) is 3.64. The van der Waals surface area contributed by atoms with Gasteiger partial charge in [0.15, 0.2) is 0 Å². The van der Waals surface area contributed by atoms with Crippen LogP contribution in [0, 0.1) is 5.41 Å². The molecule has 0 bridgehead atoms. The van der Waals surface area contributed by atoms with E-state index in [0.29, 0.717) is 0 Å². The Labute approximate surface area is 60.6 Å². The third kappa shape index (κ3) is 0.951. The van der Waals surface area contributed by atoms with Gasteiger partial charge in [0.1, 0.15) is 7.85 Å². The van der Waals surface area contributed by atoms with Gasteiger partial charge in [-0.1, -0.05) is 28.7 Å². The molecule has 0 aromatic heterocycles. The summed E-state index contributed by atoms with van der Waals surface area (Å²) in [6, 6.07) is 0. The molecule has 0 spiro atoms. The monoisotopic (exact) mass is 174 g/mol. The summed E-state index contributed by atoms with van der Waals surface area (Å²) >= 11 is 3.54. The smallest absolute Gasteiger partial charge is 0.0922 e. The fraction of sp³-hybridized carbons (Fsp3) is 1.00. The lowest BCUT2D eigenvalue weighted by Gasteiger charge is -2.39. The number of hydrogen-bond acceptors (Lipinski definition) is 0. The molecule has 0 heterocycles. The molecule has 1 aliphatic carbocycles. The highest BCUT2D eigenvalue weighted by Gasteiger charge is 2.33. The van der Waals surface area contributed by atoms with Crippen LogP contribution < -0.4 is 0 Å². The number of halogens is 1. The maximum atomic E-state index is 3.54. The molecule has 0 N–H and O–H groups in total. The van der Waals surface area contributed by atoms with Crippen LogP contribution in [0.1, 0.15) is 19.3 Å². The van der Waals surface area contributed by atoms with E-state index in [9.17, 15) is 0 Å². The molecular weight excluding hydrogens is 163 g/mol. The zero-order valence-electron chi connectivity index (χ0n) is 5.41. The Kier molecular flexibility index (Phi) is 2.02. The maximum Gasteiger partial charge on any atom is 0.102 e. The van der Waals surface area contributed by atoms with Gasteiger partial charge in [-0.15, -0.1) is 0 Å². The van der Waals surface area contributed by atoms with Crippen LogP contribution in [-0.4, -0.2) is 13.2 Å². The molecule has 1 fully saturated rings. The second kappa shape index (κ2) is 2.42. The topological polar surface area (TPSA) is 0 Å². The lowest BCUT2D eigenvalue weighted by molar-refractivity contribution is 0.200. The predicted octanol–water partition coefficient (Wildman–Crippen LogP) is 1.60. The highest BCUT2D eigenvalue weighted by atomic mass is 79.9. The Balaban J connectivity index is 2.33. The number of alkyl halides is 1. The Morgan fingerprint density at radius 1 is 1.50 bits per heavy atom. The minimum absolute atomic E-state index is 0.722. The van der Waals surface area contributed by atoms with E-state index in [1.165, 1.54) is 30.9 Å². The molecular formula is C6H12BBr. The first-order chi connectivity index (χ1) is 3.83. The second-order valence-corrected chi connectivity index (χ2v) is 3.40. The second-order valence-electron chi connectivity index (χ2n) is 2.84. The standard InChI is InChI=1S/C6H12BBr/c7-4-6(5-8)2-1-3-6/h1-5,7H2. The molecule has 0 aromatic rings. The van der Waals surface area contributed by atoms with Crippen molar-refractivity contribution in [2.24, 2.45) is 5.41 Å². The molecule has 0 aliphatic heterocycles. The van der Waals surface area contributed by atoms with Crippen LogP contribution in [0.25, 0.3) is 0 Å². The zero-order chi connectivity index (χ0) is 6.04. The molecule has 8 heavy (non-hydrogen) atoms.